The summed E-state index contributed by atoms with van der Waals surface area (Å²) in [6, 6.07) is 2.93. The Kier molecular flexibility index (Phi) is 3.16. The van der Waals surface area contributed by atoms with E-state index in [9.17, 15) is 14.9 Å². The Morgan fingerprint density at radius 1 is 1.62 bits per heavy atom. The quantitative estimate of drug-likeness (QED) is 0.338. The van der Waals surface area contributed by atoms with Crippen LogP contribution >= 0.6 is 22.9 Å². The Balaban J connectivity index is 2.80. The molecule has 0 aliphatic heterocycles. The molecule has 0 saturated carbocycles. The lowest BCUT2D eigenvalue weighted by Gasteiger charge is -1.80. The first-order chi connectivity index (χ1) is 6.09. The first kappa shape index (κ1) is 9.88. The minimum atomic E-state index is -0.601. The van der Waals surface area contributed by atoms with Crippen molar-refractivity contribution in [3.05, 3.63) is 33.2 Å². The Labute approximate surface area is 82.6 Å². The number of halogens is 1. The SMILES string of the molecule is O=C(Cl)C=Cc1ccc([N+](=O)[O-])s1. The van der Waals surface area contributed by atoms with Crippen LogP contribution in [0.1, 0.15) is 4.88 Å². The average molecular weight is 218 g/mol. The van der Waals surface area contributed by atoms with Gasteiger partial charge in [0.25, 0.3) is 0 Å². The van der Waals surface area contributed by atoms with Gasteiger partial charge < -0.3 is 0 Å². The van der Waals surface area contributed by atoms with Gasteiger partial charge in [0.05, 0.1) is 4.92 Å². The van der Waals surface area contributed by atoms with Crippen LogP contribution in [0.4, 0.5) is 5.00 Å². The third kappa shape index (κ3) is 2.96. The Morgan fingerprint density at radius 2 is 2.31 bits per heavy atom. The molecule has 0 fully saturated rings. The summed E-state index contributed by atoms with van der Waals surface area (Å²) in [7, 11) is 0. The lowest BCUT2D eigenvalue weighted by atomic mass is 10.4. The van der Waals surface area contributed by atoms with E-state index in [4.69, 9.17) is 11.6 Å². The molecule has 0 aromatic carbocycles. The normalized spacial score (nSPS) is 10.5. The van der Waals surface area contributed by atoms with Gasteiger partial charge in [0.15, 0.2) is 0 Å². The highest BCUT2D eigenvalue weighted by Crippen LogP contribution is 2.24. The van der Waals surface area contributed by atoms with Gasteiger partial charge in [-0.15, -0.1) is 0 Å². The minimum absolute atomic E-state index is 0.0432. The first-order valence-electron chi connectivity index (χ1n) is 3.21. The number of rotatable bonds is 3. The highest BCUT2D eigenvalue weighted by Gasteiger charge is 2.07. The molecule has 0 N–H and O–H groups in total. The number of allylic oxidation sites excluding steroid dienone is 1. The van der Waals surface area contributed by atoms with E-state index in [0.717, 1.165) is 17.4 Å². The zero-order chi connectivity index (χ0) is 9.84. The number of hydrogen-bond acceptors (Lipinski definition) is 4. The predicted molar refractivity (Wildman–Crippen MR) is 50.9 cm³/mol. The van der Waals surface area contributed by atoms with Gasteiger partial charge in [-0.1, -0.05) is 11.3 Å². The van der Waals surface area contributed by atoms with E-state index < -0.39 is 10.2 Å². The van der Waals surface area contributed by atoms with Gasteiger partial charge in [0.1, 0.15) is 0 Å². The average Bonchev–Trinajstić information content (AvgIpc) is 2.48. The Hall–Kier alpha value is -1.20. The van der Waals surface area contributed by atoms with Crippen molar-refractivity contribution in [2.75, 3.05) is 0 Å². The first-order valence-corrected chi connectivity index (χ1v) is 4.41. The van der Waals surface area contributed by atoms with Crippen LogP contribution in [0.5, 0.6) is 0 Å². The third-order valence-electron chi connectivity index (χ3n) is 1.17. The van der Waals surface area contributed by atoms with Crippen LogP contribution < -0.4 is 0 Å². The van der Waals surface area contributed by atoms with Gasteiger partial charge in [-0.25, -0.2) is 0 Å². The predicted octanol–water partition coefficient (Wildman–Crippen LogP) is 2.43. The van der Waals surface area contributed by atoms with Gasteiger partial charge in [0, 0.05) is 10.9 Å². The molecule has 1 aromatic rings. The molecule has 0 spiro atoms. The largest absolute Gasteiger partial charge is 0.324 e. The fourth-order valence-electron chi connectivity index (χ4n) is 0.678. The molecule has 0 aliphatic rings. The van der Waals surface area contributed by atoms with Crippen molar-refractivity contribution in [3.63, 3.8) is 0 Å². The van der Waals surface area contributed by atoms with E-state index in [1.54, 1.807) is 6.07 Å². The van der Waals surface area contributed by atoms with Crippen molar-refractivity contribution in [2.24, 2.45) is 0 Å². The van der Waals surface area contributed by atoms with Crippen LogP contribution in [0.15, 0.2) is 18.2 Å². The fourth-order valence-corrected chi connectivity index (χ4v) is 1.46. The molecule has 6 heteroatoms. The highest BCUT2D eigenvalue weighted by molar-refractivity contribution is 7.16. The molecule has 0 amide bonds. The molecule has 13 heavy (non-hydrogen) atoms. The van der Waals surface area contributed by atoms with Gasteiger partial charge in [-0.05, 0) is 29.8 Å². The number of carbonyl (C=O) groups is 1. The van der Waals surface area contributed by atoms with E-state index >= 15 is 0 Å². The summed E-state index contributed by atoms with van der Waals surface area (Å²) in [6.07, 6.45) is 2.59. The number of nitro groups is 1. The molecule has 1 heterocycles. The summed E-state index contributed by atoms with van der Waals surface area (Å²) in [5, 5.41) is 9.69. The lowest BCUT2D eigenvalue weighted by Crippen LogP contribution is -1.80. The summed E-state index contributed by atoms with van der Waals surface area (Å²) < 4.78 is 0. The smallest absolute Gasteiger partial charge is 0.276 e. The summed E-state index contributed by atoms with van der Waals surface area (Å²) in [4.78, 5) is 20.7. The topological polar surface area (TPSA) is 60.2 Å². The molecule has 68 valence electrons. The molecular weight excluding hydrogens is 214 g/mol. The summed E-state index contributed by atoms with van der Waals surface area (Å²) >= 11 is 6.03. The van der Waals surface area contributed by atoms with Gasteiger partial charge >= 0.3 is 5.00 Å². The molecule has 0 aliphatic carbocycles. The molecule has 4 nitrogen and oxygen atoms in total. The van der Waals surface area contributed by atoms with Gasteiger partial charge in [0.2, 0.25) is 5.24 Å². The highest BCUT2D eigenvalue weighted by atomic mass is 35.5. The number of carbonyl (C=O) groups excluding carboxylic acids is 1. The number of hydrogen-bond donors (Lipinski definition) is 0. The van der Waals surface area contributed by atoms with Crippen LogP contribution in [-0.2, 0) is 4.79 Å². The van der Waals surface area contributed by atoms with E-state index in [2.05, 4.69) is 0 Å². The molecule has 0 bridgehead atoms. The number of thiophene rings is 1. The van der Waals surface area contributed by atoms with Gasteiger partial charge in [-0.2, -0.15) is 0 Å². The maximum absolute atomic E-state index is 10.3. The Bertz CT molecular complexity index is 372. The Morgan fingerprint density at radius 3 is 2.77 bits per heavy atom. The molecule has 0 radical (unpaired) electrons. The van der Waals surface area contributed by atoms with Crippen LogP contribution in [0.2, 0.25) is 0 Å². The van der Waals surface area contributed by atoms with Crippen molar-refractivity contribution in [1.82, 2.24) is 0 Å². The zero-order valence-corrected chi connectivity index (χ0v) is 7.84. The zero-order valence-electron chi connectivity index (χ0n) is 6.27. The standard InChI is InChI=1S/C7H4ClNO3S/c8-6(10)3-1-5-2-4-7(13-5)9(11)12/h1-4H. The van der Waals surface area contributed by atoms with Gasteiger partial charge in [-0.3, -0.25) is 14.9 Å². The lowest BCUT2D eigenvalue weighted by molar-refractivity contribution is -0.380. The molecule has 0 atom stereocenters. The second kappa shape index (κ2) is 4.15. The van der Waals surface area contributed by atoms with Crippen LogP contribution in [-0.4, -0.2) is 10.2 Å². The van der Waals surface area contributed by atoms with E-state index in [-0.39, 0.29) is 5.00 Å². The fraction of sp³-hybridized carbons (Fsp3) is 0. The van der Waals surface area contributed by atoms with E-state index in [0.29, 0.717) is 4.88 Å². The maximum atomic E-state index is 10.3. The van der Waals surface area contributed by atoms with Crippen molar-refractivity contribution >= 4 is 39.3 Å². The summed E-state index contributed by atoms with van der Waals surface area (Å²) in [6.45, 7) is 0. The molecule has 0 unspecified atom stereocenters. The second-order valence-corrected chi connectivity index (χ2v) is 3.54. The number of nitrogens with zero attached hydrogens (tertiary/aromatic N) is 1. The van der Waals surface area contributed by atoms with Crippen molar-refractivity contribution in [1.29, 1.82) is 0 Å². The molecule has 0 saturated heterocycles. The molecule has 1 aromatic heterocycles. The second-order valence-electron chi connectivity index (χ2n) is 2.07. The monoisotopic (exact) mass is 217 g/mol. The molecular formula is C7H4ClNO3S. The van der Waals surface area contributed by atoms with Crippen LogP contribution in [0.3, 0.4) is 0 Å². The van der Waals surface area contributed by atoms with Crippen molar-refractivity contribution in [3.8, 4) is 0 Å². The maximum Gasteiger partial charge on any atom is 0.324 e. The van der Waals surface area contributed by atoms with Crippen molar-refractivity contribution in [2.45, 2.75) is 0 Å². The third-order valence-corrected chi connectivity index (χ3v) is 2.30. The van der Waals surface area contributed by atoms with E-state index in [1.165, 1.54) is 12.1 Å². The summed E-state index contributed by atoms with van der Waals surface area (Å²) in [5.41, 5.74) is 0. The molecule has 1 rings (SSSR count). The minimum Gasteiger partial charge on any atom is -0.276 e. The van der Waals surface area contributed by atoms with Crippen molar-refractivity contribution < 1.29 is 9.72 Å². The van der Waals surface area contributed by atoms with Crippen LogP contribution in [0, 0.1) is 10.1 Å². The van der Waals surface area contributed by atoms with Crippen LogP contribution in [0.25, 0.3) is 6.08 Å². The summed E-state index contributed by atoms with van der Waals surface area (Å²) in [5.74, 6) is 0. The van der Waals surface area contributed by atoms with E-state index in [1.807, 2.05) is 0 Å².